The molecule has 3 aromatic rings. The zero-order valence-electron chi connectivity index (χ0n) is 11.1. The molecule has 106 valence electrons. The predicted octanol–water partition coefficient (Wildman–Crippen LogP) is 4.05. The largest absolute Gasteiger partial charge is 0.398 e. The van der Waals surface area contributed by atoms with Crippen LogP contribution >= 0.6 is 22.9 Å². The lowest BCUT2D eigenvalue weighted by Gasteiger charge is -2.08. The summed E-state index contributed by atoms with van der Waals surface area (Å²) in [6.45, 7) is 0.547. The van der Waals surface area contributed by atoms with Gasteiger partial charge >= 0.3 is 0 Å². The van der Waals surface area contributed by atoms with Crippen LogP contribution in [-0.2, 0) is 6.54 Å². The highest BCUT2D eigenvalue weighted by atomic mass is 35.5. The fourth-order valence-corrected chi connectivity index (χ4v) is 2.95. The lowest BCUT2D eigenvalue weighted by atomic mass is 10.2. The number of nitrogens with one attached hydrogen (secondary N) is 1. The Kier molecular flexibility index (Phi) is 4.03. The molecule has 0 fully saturated rings. The van der Waals surface area contributed by atoms with Crippen molar-refractivity contribution in [2.24, 2.45) is 0 Å². The molecule has 1 aromatic carbocycles. The molecule has 0 aliphatic rings. The number of nitrogens with zero attached hydrogens (tertiary/aromatic N) is 2. The second-order valence-electron chi connectivity index (χ2n) is 4.43. The molecule has 0 spiro atoms. The van der Waals surface area contributed by atoms with Crippen LogP contribution in [0, 0.1) is 0 Å². The van der Waals surface area contributed by atoms with Crippen LogP contribution in [0.5, 0.6) is 0 Å². The third-order valence-electron chi connectivity index (χ3n) is 3.03. The van der Waals surface area contributed by atoms with Crippen molar-refractivity contribution < 1.29 is 0 Å². The van der Waals surface area contributed by atoms with Gasteiger partial charge in [0, 0.05) is 46.2 Å². The smallest absolute Gasteiger partial charge is 0.138 e. The van der Waals surface area contributed by atoms with Crippen molar-refractivity contribution in [1.29, 1.82) is 0 Å². The van der Waals surface area contributed by atoms with Gasteiger partial charge in [-0.15, -0.1) is 11.3 Å². The standard InChI is InChI=1S/C15H13ClN4S/c16-12-2-1-3-13(17)11(12)8-19-14-9-21-15(20-14)10-4-6-18-7-5-10/h1-7,9,19H,8,17H2. The van der Waals surface area contributed by atoms with E-state index in [0.717, 1.165) is 22.0 Å². The van der Waals surface area contributed by atoms with E-state index < -0.39 is 0 Å². The second kappa shape index (κ2) is 6.11. The molecule has 4 nitrogen and oxygen atoms in total. The first-order valence-corrected chi connectivity index (χ1v) is 7.62. The maximum absolute atomic E-state index is 6.15. The van der Waals surface area contributed by atoms with Gasteiger partial charge in [-0.1, -0.05) is 17.7 Å². The lowest BCUT2D eigenvalue weighted by Crippen LogP contribution is -2.03. The Labute approximate surface area is 131 Å². The van der Waals surface area contributed by atoms with Gasteiger partial charge in [-0.3, -0.25) is 4.98 Å². The minimum absolute atomic E-state index is 0.547. The van der Waals surface area contributed by atoms with Crippen LogP contribution in [0.1, 0.15) is 5.56 Å². The van der Waals surface area contributed by atoms with Crippen LogP contribution in [0.2, 0.25) is 5.02 Å². The summed E-state index contributed by atoms with van der Waals surface area (Å²) in [5, 5.41) is 6.84. The number of nitrogen functional groups attached to an aromatic ring is 1. The van der Waals surface area contributed by atoms with Gasteiger partial charge in [0.25, 0.3) is 0 Å². The van der Waals surface area contributed by atoms with Crippen molar-refractivity contribution >= 4 is 34.4 Å². The number of hydrogen-bond donors (Lipinski definition) is 2. The van der Waals surface area contributed by atoms with Crippen LogP contribution in [0.25, 0.3) is 10.6 Å². The summed E-state index contributed by atoms with van der Waals surface area (Å²) in [6.07, 6.45) is 3.52. The van der Waals surface area contributed by atoms with E-state index in [4.69, 9.17) is 17.3 Å². The highest BCUT2D eigenvalue weighted by Gasteiger charge is 2.07. The number of pyridine rings is 1. The fraction of sp³-hybridized carbons (Fsp3) is 0.0667. The molecule has 0 atom stereocenters. The molecule has 6 heteroatoms. The maximum atomic E-state index is 6.15. The highest BCUT2D eigenvalue weighted by molar-refractivity contribution is 7.13. The number of anilines is 2. The molecule has 3 N–H and O–H groups in total. The Morgan fingerprint density at radius 1 is 1.19 bits per heavy atom. The first kappa shape index (κ1) is 13.9. The van der Waals surface area contributed by atoms with Crippen molar-refractivity contribution in [3.8, 4) is 10.6 Å². The van der Waals surface area contributed by atoms with Crippen LogP contribution in [0.15, 0.2) is 48.1 Å². The number of benzene rings is 1. The predicted molar refractivity (Wildman–Crippen MR) is 88.5 cm³/mol. The third kappa shape index (κ3) is 3.15. The van der Waals surface area contributed by atoms with Crippen LogP contribution in [-0.4, -0.2) is 9.97 Å². The van der Waals surface area contributed by atoms with E-state index >= 15 is 0 Å². The summed E-state index contributed by atoms with van der Waals surface area (Å²) in [5.74, 6) is 0.811. The van der Waals surface area contributed by atoms with E-state index in [-0.39, 0.29) is 0 Å². The Bertz CT molecular complexity index is 722. The molecule has 0 unspecified atom stereocenters. The zero-order valence-corrected chi connectivity index (χ0v) is 12.7. The summed E-state index contributed by atoms with van der Waals surface area (Å²) >= 11 is 7.73. The zero-order chi connectivity index (χ0) is 14.7. The molecule has 0 saturated carbocycles. The molecule has 0 bridgehead atoms. The minimum Gasteiger partial charge on any atom is -0.398 e. The van der Waals surface area contributed by atoms with Crippen LogP contribution < -0.4 is 11.1 Å². The minimum atomic E-state index is 0.547. The van der Waals surface area contributed by atoms with Gasteiger partial charge in [0.2, 0.25) is 0 Å². The molecule has 2 aromatic heterocycles. The Hall–Kier alpha value is -2.11. The number of halogens is 1. The summed E-state index contributed by atoms with van der Waals surface area (Å²) in [4.78, 5) is 8.56. The summed E-state index contributed by atoms with van der Waals surface area (Å²) < 4.78 is 0. The lowest BCUT2D eigenvalue weighted by molar-refractivity contribution is 1.13. The van der Waals surface area contributed by atoms with Crippen molar-refractivity contribution in [3.05, 3.63) is 58.7 Å². The van der Waals surface area contributed by atoms with Crippen LogP contribution in [0.4, 0.5) is 11.5 Å². The van der Waals surface area contributed by atoms with Gasteiger partial charge in [0.15, 0.2) is 0 Å². The molecule has 3 rings (SSSR count). The Morgan fingerprint density at radius 3 is 2.76 bits per heavy atom. The van der Waals surface area contributed by atoms with E-state index in [9.17, 15) is 0 Å². The molecular formula is C15H13ClN4S. The summed E-state index contributed by atoms with van der Waals surface area (Å²) in [7, 11) is 0. The number of hydrogen-bond acceptors (Lipinski definition) is 5. The van der Waals surface area contributed by atoms with Crippen molar-refractivity contribution in [1.82, 2.24) is 9.97 Å². The Morgan fingerprint density at radius 2 is 2.00 bits per heavy atom. The first-order valence-electron chi connectivity index (χ1n) is 6.36. The molecule has 21 heavy (non-hydrogen) atoms. The highest BCUT2D eigenvalue weighted by Crippen LogP contribution is 2.27. The Balaban J connectivity index is 1.74. The number of thiazole rings is 1. The van der Waals surface area contributed by atoms with E-state index in [1.807, 2.05) is 35.7 Å². The monoisotopic (exact) mass is 316 g/mol. The quantitative estimate of drug-likeness (QED) is 0.713. The van der Waals surface area contributed by atoms with Crippen LogP contribution in [0.3, 0.4) is 0 Å². The van der Waals surface area contributed by atoms with Gasteiger partial charge in [-0.05, 0) is 24.3 Å². The van der Waals surface area contributed by atoms with E-state index in [2.05, 4.69) is 15.3 Å². The van der Waals surface area contributed by atoms with Gasteiger partial charge in [0.1, 0.15) is 10.8 Å². The average molecular weight is 317 g/mol. The maximum Gasteiger partial charge on any atom is 0.138 e. The second-order valence-corrected chi connectivity index (χ2v) is 5.70. The topological polar surface area (TPSA) is 63.8 Å². The van der Waals surface area contributed by atoms with Crippen molar-refractivity contribution in [2.75, 3.05) is 11.1 Å². The molecular weight excluding hydrogens is 304 g/mol. The molecule has 0 aliphatic carbocycles. The molecule has 2 heterocycles. The molecule has 0 saturated heterocycles. The molecule has 0 radical (unpaired) electrons. The number of nitrogens with two attached hydrogens (primary N) is 1. The normalized spacial score (nSPS) is 10.5. The van der Waals surface area contributed by atoms with Gasteiger partial charge in [-0.25, -0.2) is 4.98 Å². The van der Waals surface area contributed by atoms with Crippen molar-refractivity contribution in [3.63, 3.8) is 0 Å². The van der Waals surface area contributed by atoms with Gasteiger partial charge in [0.05, 0.1) is 0 Å². The summed E-state index contributed by atoms with van der Waals surface area (Å²) in [6, 6.07) is 9.39. The summed E-state index contributed by atoms with van der Waals surface area (Å²) in [5.41, 5.74) is 8.56. The van der Waals surface area contributed by atoms with E-state index in [1.165, 1.54) is 0 Å². The molecule has 0 amide bonds. The van der Waals surface area contributed by atoms with Gasteiger partial charge in [-0.2, -0.15) is 0 Å². The first-order chi connectivity index (χ1) is 10.2. The average Bonchev–Trinajstić information content (AvgIpc) is 2.97. The molecule has 0 aliphatic heterocycles. The third-order valence-corrected chi connectivity index (χ3v) is 4.28. The van der Waals surface area contributed by atoms with E-state index in [0.29, 0.717) is 17.3 Å². The van der Waals surface area contributed by atoms with Gasteiger partial charge < -0.3 is 11.1 Å². The fourth-order valence-electron chi connectivity index (χ4n) is 1.92. The number of rotatable bonds is 4. The SMILES string of the molecule is Nc1cccc(Cl)c1CNc1csc(-c2ccncc2)n1. The van der Waals surface area contributed by atoms with E-state index in [1.54, 1.807) is 23.7 Å². The van der Waals surface area contributed by atoms with Crippen molar-refractivity contribution in [2.45, 2.75) is 6.54 Å². The number of aromatic nitrogens is 2.